The molecule has 0 bridgehead atoms. The summed E-state index contributed by atoms with van der Waals surface area (Å²) in [6.45, 7) is 36.6. The van der Waals surface area contributed by atoms with Crippen LogP contribution >= 0.6 is 0 Å². The van der Waals surface area contributed by atoms with Crippen molar-refractivity contribution in [1.82, 2.24) is 0 Å². The molecule has 0 aliphatic carbocycles. The van der Waals surface area contributed by atoms with Crippen molar-refractivity contribution in [3.05, 3.63) is 166 Å². The Balaban J connectivity index is 0.000000602. The molecule has 0 nitrogen and oxygen atoms in total. The van der Waals surface area contributed by atoms with Gasteiger partial charge in [-0.2, -0.15) is 0 Å². The van der Waals surface area contributed by atoms with Crippen molar-refractivity contribution in [2.45, 2.75) is 158 Å². The Morgan fingerprint density at radius 3 is 0.484 bits per heavy atom. The zero-order valence-electron chi connectivity index (χ0n) is 41.9. The summed E-state index contributed by atoms with van der Waals surface area (Å²) in [5.74, 6) is 3.81. The number of benzene rings is 6. The summed E-state index contributed by atoms with van der Waals surface area (Å²) < 4.78 is 0. The van der Waals surface area contributed by atoms with Gasteiger partial charge in [0.1, 0.15) is 0 Å². The van der Waals surface area contributed by atoms with Crippen LogP contribution in [-0.2, 0) is 0 Å². The fourth-order valence-electron chi connectivity index (χ4n) is 8.97. The van der Waals surface area contributed by atoms with E-state index in [1.807, 2.05) is 0 Å². The fourth-order valence-corrected chi connectivity index (χ4v) is 8.97. The number of halogens is 2. The smallest absolute Gasteiger partial charge is 0 e. The van der Waals surface area contributed by atoms with Gasteiger partial charge in [-0.1, -0.05) is 220 Å². The number of hydrogen-bond donors (Lipinski definition) is 0. The van der Waals surface area contributed by atoms with Crippen molar-refractivity contribution < 1.29 is 48.0 Å². The summed E-state index contributed by atoms with van der Waals surface area (Å²) in [6, 6.07) is 48.2. The molecule has 0 saturated heterocycles. The molecule has 6 aromatic rings. The Morgan fingerprint density at radius 2 is 0.359 bits per heavy atom. The van der Waals surface area contributed by atoms with Gasteiger partial charge in [-0.05, 0) is 148 Å². The van der Waals surface area contributed by atoms with Crippen LogP contribution in [0.4, 0.5) is 0 Å². The second-order valence-corrected chi connectivity index (χ2v) is 19.4. The van der Waals surface area contributed by atoms with E-state index < -0.39 is 0 Å². The van der Waals surface area contributed by atoms with E-state index in [4.69, 9.17) is 0 Å². The van der Waals surface area contributed by atoms with Gasteiger partial charge in [0.25, 0.3) is 0 Å². The van der Waals surface area contributed by atoms with Crippen LogP contribution in [0.2, 0.25) is 0 Å². The van der Waals surface area contributed by atoms with E-state index in [1.54, 1.807) is 0 Å². The molecule has 0 spiro atoms. The van der Waals surface area contributed by atoms with Gasteiger partial charge < -0.3 is 48.0 Å². The van der Waals surface area contributed by atoms with Crippen LogP contribution in [0.5, 0.6) is 0 Å². The van der Waals surface area contributed by atoms with Crippen molar-refractivity contribution in [2.75, 3.05) is 0 Å². The van der Waals surface area contributed by atoms with E-state index in [9.17, 15) is 0 Å². The second-order valence-electron chi connectivity index (χ2n) is 19.4. The predicted molar refractivity (Wildman–Crippen MR) is 277 cm³/mol. The zero-order valence-corrected chi connectivity index (χ0v) is 51.1. The molecular weight excluding hydrogens is 1110 g/mol. The molecule has 6 aromatic carbocycles. The number of hydrogen-bond acceptors (Lipinski definition) is 0. The minimum absolute atomic E-state index is 0. The Kier molecular flexibility index (Phi) is 25.5. The van der Waals surface area contributed by atoms with E-state index in [-0.39, 0.29) is 87.5 Å². The minimum Gasteiger partial charge on any atom is -1.00 e. The Bertz CT molecular complexity index is 1930. The zero-order chi connectivity index (χ0) is 44.0. The molecule has 0 unspecified atom stereocenters. The standard InChI is InChI=1S/2C30H37.2Ga.2HI/c2*1-19(2)25-14-10-15-26(20(3)4)29(25)23-12-9-13-24(18-23)30-27(21(5)6)16-11-17-28(30)22(7)8;;;;/h2*9-17,19-22H,1-8H3;;;2*1H/p-2. The van der Waals surface area contributed by atoms with Crippen LogP contribution in [0, 0.1) is 12.1 Å². The molecule has 0 N–H and O–H groups in total. The molecule has 0 aliphatic rings. The molecule has 0 heterocycles. The Labute approximate surface area is 451 Å². The summed E-state index contributed by atoms with van der Waals surface area (Å²) >= 11 is 0. The van der Waals surface area contributed by atoms with Crippen LogP contribution in [0.15, 0.2) is 109 Å². The molecular formula is C60H74Ga2I2-2. The monoisotopic (exact) mass is 1190 g/mol. The molecule has 8 radical (unpaired) electrons. The predicted octanol–water partition coefficient (Wildman–Crippen LogP) is 11.9. The molecule has 4 heteroatoms. The van der Waals surface area contributed by atoms with Gasteiger partial charge in [0.2, 0.25) is 0 Å². The molecule has 336 valence electrons. The first-order chi connectivity index (χ1) is 28.4. The van der Waals surface area contributed by atoms with Crippen LogP contribution in [0.3, 0.4) is 0 Å². The maximum absolute atomic E-state index is 3.86. The normalized spacial score (nSPS) is 11.1. The molecule has 0 atom stereocenters. The summed E-state index contributed by atoms with van der Waals surface area (Å²) in [5.41, 5.74) is 21.7. The van der Waals surface area contributed by atoms with Crippen molar-refractivity contribution in [3.63, 3.8) is 0 Å². The first-order valence-electron chi connectivity index (χ1n) is 23.0. The molecule has 6 rings (SSSR count). The third-order valence-electron chi connectivity index (χ3n) is 12.2. The molecule has 64 heavy (non-hydrogen) atoms. The number of rotatable bonds is 12. The largest absolute Gasteiger partial charge is 1.00 e. The Morgan fingerprint density at radius 1 is 0.234 bits per heavy atom. The Hall–Kier alpha value is -1.95. The van der Waals surface area contributed by atoms with Crippen LogP contribution in [0.25, 0.3) is 44.5 Å². The first-order valence-corrected chi connectivity index (χ1v) is 23.0. The first kappa shape index (κ1) is 60.1. The molecule has 0 aliphatic heterocycles. The summed E-state index contributed by atoms with van der Waals surface area (Å²) in [6.07, 6.45) is 0. The molecule has 0 aromatic heterocycles. The van der Waals surface area contributed by atoms with E-state index in [2.05, 4.69) is 232 Å². The third-order valence-corrected chi connectivity index (χ3v) is 12.2. The van der Waals surface area contributed by atoms with Gasteiger partial charge in [-0.3, -0.25) is 0 Å². The third kappa shape index (κ3) is 14.1. The molecule has 0 fully saturated rings. The minimum atomic E-state index is 0. The van der Waals surface area contributed by atoms with Gasteiger partial charge in [0.15, 0.2) is 0 Å². The van der Waals surface area contributed by atoms with E-state index in [0.717, 1.165) is 0 Å². The quantitative estimate of drug-likeness (QED) is 0.0846. The van der Waals surface area contributed by atoms with Crippen LogP contribution < -0.4 is 48.0 Å². The SMILES string of the molecule is CC(C)c1cccc(C(C)C)c1-c1[c]c(-c2c(C(C)C)cccc2C(C)C)ccc1.CC(C)c1cccc(C(C)C)c1-c1[c]c(-c2c(C(C)C)cccc2C(C)C)ccc1.[Ga].[Ga].[I-].[I-]. The summed E-state index contributed by atoms with van der Waals surface area (Å²) in [5, 5.41) is 0. The van der Waals surface area contributed by atoms with Crippen LogP contribution in [-0.4, -0.2) is 39.6 Å². The van der Waals surface area contributed by atoms with E-state index in [0.29, 0.717) is 47.3 Å². The second kappa shape index (κ2) is 27.2. The van der Waals surface area contributed by atoms with Crippen molar-refractivity contribution in [3.8, 4) is 44.5 Å². The van der Waals surface area contributed by atoms with Crippen molar-refractivity contribution in [1.29, 1.82) is 0 Å². The van der Waals surface area contributed by atoms with Crippen molar-refractivity contribution in [2.24, 2.45) is 0 Å². The molecule has 0 amide bonds. The van der Waals surface area contributed by atoms with E-state index in [1.165, 1.54) is 89.0 Å². The summed E-state index contributed by atoms with van der Waals surface area (Å²) in [4.78, 5) is 0. The fraction of sp³-hybridized carbons (Fsp3) is 0.400. The van der Waals surface area contributed by atoms with Gasteiger partial charge in [0.05, 0.1) is 0 Å². The summed E-state index contributed by atoms with van der Waals surface area (Å²) in [7, 11) is 0. The van der Waals surface area contributed by atoms with Gasteiger partial charge in [0, 0.05) is 39.6 Å². The van der Waals surface area contributed by atoms with Crippen LogP contribution in [0.1, 0.15) is 203 Å². The van der Waals surface area contributed by atoms with Crippen molar-refractivity contribution >= 4 is 39.6 Å². The average molecular weight is 1190 g/mol. The average Bonchev–Trinajstić information content (AvgIpc) is 3.22. The maximum Gasteiger partial charge on any atom is 0 e. The van der Waals surface area contributed by atoms with E-state index >= 15 is 0 Å². The maximum atomic E-state index is 3.86. The topological polar surface area (TPSA) is 0 Å². The molecule has 0 saturated carbocycles. The van der Waals surface area contributed by atoms with Gasteiger partial charge in [-0.25, -0.2) is 0 Å². The van der Waals surface area contributed by atoms with Gasteiger partial charge >= 0.3 is 0 Å². The van der Waals surface area contributed by atoms with Gasteiger partial charge in [-0.15, -0.1) is 0 Å².